The van der Waals surface area contributed by atoms with Crippen LogP contribution in [0.3, 0.4) is 0 Å². The van der Waals surface area contributed by atoms with Gasteiger partial charge in [-0.05, 0) is 43.7 Å². The van der Waals surface area contributed by atoms with Gasteiger partial charge in [0, 0.05) is 11.6 Å². The smallest absolute Gasteiger partial charge is 0.251 e. The van der Waals surface area contributed by atoms with Gasteiger partial charge in [-0.1, -0.05) is 42.5 Å². The van der Waals surface area contributed by atoms with E-state index in [1.54, 1.807) is 4.68 Å². The first kappa shape index (κ1) is 13.5. The second-order valence-corrected chi connectivity index (χ2v) is 6.59. The molecular weight excluding hydrogens is 272 g/mol. The van der Waals surface area contributed by atoms with Crippen LogP contribution in [0.25, 0.3) is 0 Å². The van der Waals surface area contributed by atoms with E-state index in [0.717, 1.165) is 17.8 Å². The van der Waals surface area contributed by atoms with Crippen molar-refractivity contribution in [1.82, 2.24) is 9.78 Å². The highest BCUT2D eigenvalue weighted by atomic mass is 16.2. The number of carbonyl (C=O) groups is 1. The van der Waals surface area contributed by atoms with Crippen LogP contribution in [0.1, 0.15) is 34.1 Å². The average Bonchev–Trinajstić information content (AvgIpc) is 3.21. The largest absolute Gasteiger partial charge is 0.272 e. The summed E-state index contributed by atoms with van der Waals surface area (Å²) >= 11 is 0. The molecule has 0 radical (unpaired) electrons. The first-order chi connectivity index (χ1) is 10.6. The summed E-state index contributed by atoms with van der Waals surface area (Å²) in [6, 6.07) is 12.4. The quantitative estimate of drug-likeness (QED) is 0.790. The molecule has 0 saturated heterocycles. The standard InChI is InChI=1S/C19H20N2O/c1-12-10-13(2)21(20-12)19(22)18-16-9-8-15(11-16)17(18)14-6-4-3-5-7-14/h3-10,15-18H,11H2,1-2H3/t15-,16+,17+,18+/m0/s1. The molecule has 1 saturated carbocycles. The van der Waals surface area contributed by atoms with Crippen molar-refractivity contribution in [2.75, 3.05) is 0 Å². The number of carbonyl (C=O) groups excluding carboxylic acids is 1. The molecule has 1 fully saturated rings. The summed E-state index contributed by atoms with van der Waals surface area (Å²) in [7, 11) is 0. The minimum Gasteiger partial charge on any atom is -0.272 e. The van der Waals surface area contributed by atoms with Gasteiger partial charge in [0.2, 0.25) is 0 Å². The van der Waals surface area contributed by atoms with Gasteiger partial charge in [0.05, 0.1) is 11.6 Å². The number of fused-ring (bicyclic) bond motifs is 2. The average molecular weight is 292 g/mol. The molecule has 1 heterocycles. The van der Waals surface area contributed by atoms with Crippen LogP contribution >= 0.6 is 0 Å². The van der Waals surface area contributed by atoms with E-state index in [1.807, 2.05) is 26.0 Å². The van der Waals surface area contributed by atoms with Gasteiger partial charge in [-0.15, -0.1) is 0 Å². The first-order valence-electron chi connectivity index (χ1n) is 7.96. The van der Waals surface area contributed by atoms with Crippen molar-refractivity contribution in [1.29, 1.82) is 0 Å². The Bertz CT molecular complexity index is 744. The lowest BCUT2D eigenvalue weighted by Gasteiger charge is -2.27. The molecule has 1 aromatic carbocycles. The maximum Gasteiger partial charge on any atom is 0.251 e. The maximum atomic E-state index is 13.1. The molecule has 2 aliphatic carbocycles. The Labute approximate surface area is 130 Å². The SMILES string of the molecule is Cc1cc(C)n(C(=O)[C@H]2[C@H](c3ccccc3)[C@H]3C=C[C@@H]2C3)n1. The third-order valence-corrected chi connectivity index (χ3v) is 5.15. The lowest BCUT2D eigenvalue weighted by Crippen LogP contribution is -2.31. The van der Waals surface area contributed by atoms with E-state index in [9.17, 15) is 4.79 Å². The summed E-state index contributed by atoms with van der Waals surface area (Å²) in [5.74, 6) is 1.28. The predicted octanol–water partition coefficient (Wildman–Crippen LogP) is 3.75. The van der Waals surface area contributed by atoms with Gasteiger partial charge in [-0.25, -0.2) is 4.68 Å². The zero-order valence-electron chi connectivity index (χ0n) is 12.9. The number of rotatable bonds is 2. The lowest BCUT2D eigenvalue weighted by molar-refractivity contribution is 0.0778. The second-order valence-electron chi connectivity index (χ2n) is 6.59. The maximum absolute atomic E-state index is 13.1. The van der Waals surface area contributed by atoms with Crippen LogP contribution in [0.2, 0.25) is 0 Å². The molecule has 2 bridgehead atoms. The normalized spacial score (nSPS) is 29.2. The Morgan fingerprint density at radius 2 is 1.86 bits per heavy atom. The molecule has 4 atom stereocenters. The summed E-state index contributed by atoms with van der Waals surface area (Å²) in [6.07, 6.45) is 5.63. The molecule has 2 aliphatic rings. The van der Waals surface area contributed by atoms with E-state index in [-0.39, 0.29) is 17.7 Å². The first-order valence-corrected chi connectivity index (χ1v) is 7.96. The monoisotopic (exact) mass is 292 g/mol. The Balaban J connectivity index is 1.74. The summed E-state index contributed by atoms with van der Waals surface area (Å²) in [4.78, 5) is 13.1. The number of nitrogens with zero attached hydrogens (tertiary/aromatic N) is 2. The van der Waals surface area contributed by atoms with Crippen LogP contribution in [0, 0.1) is 31.6 Å². The summed E-state index contributed by atoms with van der Waals surface area (Å²) < 4.78 is 1.62. The van der Waals surface area contributed by atoms with Gasteiger partial charge in [0.15, 0.2) is 0 Å². The molecule has 22 heavy (non-hydrogen) atoms. The highest BCUT2D eigenvalue weighted by molar-refractivity contribution is 5.83. The summed E-state index contributed by atoms with van der Waals surface area (Å²) in [5, 5.41) is 4.41. The van der Waals surface area contributed by atoms with Gasteiger partial charge in [0.1, 0.15) is 0 Å². The number of benzene rings is 1. The Hall–Kier alpha value is -2.16. The Morgan fingerprint density at radius 3 is 2.55 bits per heavy atom. The Kier molecular flexibility index (Phi) is 3.03. The van der Waals surface area contributed by atoms with E-state index in [4.69, 9.17) is 0 Å². The van der Waals surface area contributed by atoms with Crippen molar-refractivity contribution in [3.8, 4) is 0 Å². The van der Waals surface area contributed by atoms with Crippen LogP contribution in [-0.4, -0.2) is 15.7 Å². The molecule has 112 valence electrons. The molecule has 0 N–H and O–H groups in total. The fraction of sp³-hybridized carbons (Fsp3) is 0.368. The minimum atomic E-state index is 0.00963. The molecule has 3 heteroatoms. The lowest BCUT2D eigenvalue weighted by atomic mass is 9.78. The minimum absolute atomic E-state index is 0.00963. The van der Waals surface area contributed by atoms with Gasteiger partial charge >= 0.3 is 0 Å². The van der Waals surface area contributed by atoms with E-state index in [1.165, 1.54) is 5.56 Å². The van der Waals surface area contributed by atoms with Crippen LogP contribution < -0.4 is 0 Å². The highest BCUT2D eigenvalue weighted by Crippen LogP contribution is 2.53. The number of hydrogen-bond acceptors (Lipinski definition) is 2. The predicted molar refractivity (Wildman–Crippen MR) is 85.7 cm³/mol. The molecule has 2 aromatic rings. The molecular formula is C19H20N2O. The fourth-order valence-corrected chi connectivity index (χ4v) is 4.28. The van der Waals surface area contributed by atoms with Gasteiger partial charge < -0.3 is 0 Å². The van der Waals surface area contributed by atoms with Crippen molar-refractivity contribution in [3.05, 3.63) is 65.5 Å². The van der Waals surface area contributed by atoms with Gasteiger partial charge in [0.25, 0.3) is 5.91 Å². The Morgan fingerprint density at radius 1 is 1.14 bits per heavy atom. The van der Waals surface area contributed by atoms with Crippen LogP contribution in [0.15, 0.2) is 48.6 Å². The molecule has 0 aliphatic heterocycles. The fourth-order valence-electron chi connectivity index (χ4n) is 4.28. The van der Waals surface area contributed by atoms with E-state index in [2.05, 4.69) is 41.5 Å². The highest BCUT2D eigenvalue weighted by Gasteiger charge is 2.49. The zero-order chi connectivity index (χ0) is 15.3. The molecule has 0 spiro atoms. The number of allylic oxidation sites excluding steroid dienone is 2. The van der Waals surface area contributed by atoms with Crippen molar-refractivity contribution in [2.45, 2.75) is 26.2 Å². The van der Waals surface area contributed by atoms with Gasteiger partial charge in [-0.2, -0.15) is 5.10 Å². The summed E-state index contributed by atoms with van der Waals surface area (Å²) in [5.41, 5.74) is 3.11. The van der Waals surface area contributed by atoms with Crippen LogP contribution in [0.5, 0.6) is 0 Å². The van der Waals surface area contributed by atoms with E-state index >= 15 is 0 Å². The molecule has 4 rings (SSSR count). The third-order valence-electron chi connectivity index (χ3n) is 5.15. The third kappa shape index (κ3) is 1.96. The van der Waals surface area contributed by atoms with E-state index < -0.39 is 0 Å². The second kappa shape index (κ2) is 4.94. The molecule has 3 nitrogen and oxygen atoms in total. The van der Waals surface area contributed by atoms with Crippen LogP contribution in [-0.2, 0) is 0 Å². The van der Waals surface area contributed by atoms with Gasteiger partial charge in [-0.3, -0.25) is 4.79 Å². The van der Waals surface area contributed by atoms with Crippen LogP contribution in [0.4, 0.5) is 0 Å². The topological polar surface area (TPSA) is 34.9 Å². The van der Waals surface area contributed by atoms with Crippen molar-refractivity contribution in [3.63, 3.8) is 0 Å². The number of aryl methyl sites for hydroxylation is 2. The molecule has 1 aromatic heterocycles. The zero-order valence-corrected chi connectivity index (χ0v) is 12.9. The molecule has 0 amide bonds. The number of hydrogen-bond donors (Lipinski definition) is 0. The van der Waals surface area contributed by atoms with Crippen molar-refractivity contribution in [2.24, 2.45) is 17.8 Å². The van der Waals surface area contributed by atoms with Crippen molar-refractivity contribution >= 4 is 5.91 Å². The van der Waals surface area contributed by atoms with E-state index in [0.29, 0.717) is 11.8 Å². The summed E-state index contributed by atoms with van der Waals surface area (Å²) in [6.45, 7) is 3.89. The number of aromatic nitrogens is 2. The molecule has 0 unspecified atom stereocenters. The van der Waals surface area contributed by atoms with Crippen molar-refractivity contribution < 1.29 is 4.79 Å².